The van der Waals surface area contributed by atoms with Crippen molar-refractivity contribution in [2.75, 3.05) is 6.61 Å². The first-order chi connectivity index (χ1) is 10.3. The van der Waals surface area contributed by atoms with Gasteiger partial charge >= 0.3 is 0 Å². The van der Waals surface area contributed by atoms with Crippen LogP contribution in [0.15, 0.2) is 48.5 Å². The van der Waals surface area contributed by atoms with Gasteiger partial charge in [0.1, 0.15) is 11.5 Å². The van der Waals surface area contributed by atoms with Gasteiger partial charge in [-0.2, -0.15) is 0 Å². The van der Waals surface area contributed by atoms with E-state index >= 15 is 0 Å². The van der Waals surface area contributed by atoms with E-state index in [0.29, 0.717) is 12.5 Å². The van der Waals surface area contributed by atoms with E-state index in [9.17, 15) is 0 Å². The van der Waals surface area contributed by atoms with Gasteiger partial charge in [-0.1, -0.05) is 30.3 Å². The van der Waals surface area contributed by atoms with E-state index in [0.717, 1.165) is 23.6 Å². The van der Waals surface area contributed by atoms with Crippen LogP contribution in [-0.4, -0.2) is 17.8 Å². The molecule has 0 unspecified atom stereocenters. The Morgan fingerprint density at radius 1 is 1.05 bits per heavy atom. The quantitative estimate of drug-likeness (QED) is 0.819. The van der Waals surface area contributed by atoms with Gasteiger partial charge in [0.15, 0.2) is 0 Å². The van der Waals surface area contributed by atoms with Crippen LogP contribution < -0.4 is 10.1 Å². The van der Waals surface area contributed by atoms with Crippen molar-refractivity contribution in [1.29, 1.82) is 0 Å². The molecule has 1 aliphatic carbocycles. The molecule has 0 radical (unpaired) electrons. The number of rotatable bonds is 7. The molecule has 0 aliphatic heterocycles. The highest BCUT2D eigenvalue weighted by Crippen LogP contribution is 2.27. The predicted molar refractivity (Wildman–Crippen MR) is 83.6 cm³/mol. The molecule has 3 heteroatoms. The molecule has 2 aromatic rings. The largest absolute Gasteiger partial charge is 0.457 e. The van der Waals surface area contributed by atoms with Crippen molar-refractivity contribution in [2.45, 2.75) is 31.8 Å². The summed E-state index contributed by atoms with van der Waals surface area (Å²) < 4.78 is 5.99. The Bertz CT molecular complexity index is 576. The summed E-state index contributed by atoms with van der Waals surface area (Å²) in [5, 5.41) is 12.4. The minimum absolute atomic E-state index is 0.176. The maximum atomic E-state index is 8.93. The molecule has 1 aliphatic rings. The molecule has 1 saturated carbocycles. The standard InChI is InChI=1S/C18H21NO2/c20-12-11-14-5-9-17(10-6-14)21-18-4-2-1-3-15(18)13-19-16-7-8-16/h1-6,9-10,16,19-20H,7-8,11-13H2. The average molecular weight is 283 g/mol. The Balaban J connectivity index is 1.68. The summed E-state index contributed by atoms with van der Waals surface area (Å²) in [6.45, 7) is 1.03. The van der Waals surface area contributed by atoms with E-state index in [1.807, 2.05) is 42.5 Å². The molecular formula is C18H21NO2. The monoisotopic (exact) mass is 283 g/mol. The van der Waals surface area contributed by atoms with Crippen LogP contribution in [0.4, 0.5) is 0 Å². The minimum Gasteiger partial charge on any atom is -0.457 e. The lowest BCUT2D eigenvalue weighted by molar-refractivity contribution is 0.299. The topological polar surface area (TPSA) is 41.5 Å². The third-order valence-corrected chi connectivity index (χ3v) is 3.68. The Morgan fingerprint density at radius 3 is 2.52 bits per heavy atom. The fraction of sp³-hybridized carbons (Fsp3) is 0.333. The van der Waals surface area contributed by atoms with Crippen molar-refractivity contribution in [3.05, 3.63) is 59.7 Å². The van der Waals surface area contributed by atoms with Gasteiger partial charge in [0.2, 0.25) is 0 Å². The Kier molecular flexibility index (Phi) is 4.53. The lowest BCUT2D eigenvalue weighted by Gasteiger charge is -2.12. The third-order valence-electron chi connectivity index (χ3n) is 3.68. The summed E-state index contributed by atoms with van der Waals surface area (Å²) in [5.41, 5.74) is 2.30. The average Bonchev–Trinajstić information content (AvgIpc) is 3.33. The molecule has 3 nitrogen and oxygen atoms in total. The van der Waals surface area contributed by atoms with Crippen LogP contribution >= 0.6 is 0 Å². The molecule has 0 saturated heterocycles. The summed E-state index contributed by atoms with van der Waals surface area (Å²) in [6, 6.07) is 16.7. The van der Waals surface area contributed by atoms with Gasteiger partial charge < -0.3 is 15.2 Å². The van der Waals surface area contributed by atoms with Crippen molar-refractivity contribution in [3.63, 3.8) is 0 Å². The highest BCUT2D eigenvalue weighted by Gasteiger charge is 2.20. The lowest BCUT2D eigenvalue weighted by atomic mass is 10.1. The summed E-state index contributed by atoms with van der Waals surface area (Å²) in [5.74, 6) is 1.73. The second kappa shape index (κ2) is 6.74. The molecule has 0 atom stereocenters. The van der Waals surface area contributed by atoms with Crippen molar-refractivity contribution >= 4 is 0 Å². The summed E-state index contributed by atoms with van der Waals surface area (Å²) in [7, 11) is 0. The Hall–Kier alpha value is -1.84. The number of hydrogen-bond donors (Lipinski definition) is 2. The van der Waals surface area contributed by atoms with Crippen LogP contribution in [-0.2, 0) is 13.0 Å². The maximum absolute atomic E-state index is 8.93. The summed E-state index contributed by atoms with van der Waals surface area (Å²) in [4.78, 5) is 0. The Morgan fingerprint density at radius 2 is 1.81 bits per heavy atom. The van der Waals surface area contributed by atoms with Crippen LogP contribution in [0.1, 0.15) is 24.0 Å². The van der Waals surface area contributed by atoms with Gasteiger partial charge in [-0.3, -0.25) is 0 Å². The zero-order valence-electron chi connectivity index (χ0n) is 12.1. The molecule has 21 heavy (non-hydrogen) atoms. The van der Waals surface area contributed by atoms with E-state index in [1.54, 1.807) is 0 Å². The number of ether oxygens (including phenoxy) is 1. The number of aliphatic hydroxyl groups excluding tert-OH is 1. The zero-order valence-corrected chi connectivity index (χ0v) is 12.1. The maximum Gasteiger partial charge on any atom is 0.131 e. The molecular weight excluding hydrogens is 262 g/mol. The summed E-state index contributed by atoms with van der Waals surface area (Å²) >= 11 is 0. The fourth-order valence-corrected chi connectivity index (χ4v) is 2.27. The number of hydrogen-bond acceptors (Lipinski definition) is 3. The molecule has 2 aromatic carbocycles. The zero-order chi connectivity index (χ0) is 14.5. The van der Waals surface area contributed by atoms with Crippen molar-refractivity contribution in [3.8, 4) is 11.5 Å². The Labute approximate surface area is 125 Å². The van der Waals surface area contributed by atoms with Gasteiger partial charge in [-0.05, 0) is 43.0 Å². The van der Waals surface area contributed by atoms with Gasteiger partial charge in [-0.15, -0.1) is 0 Å². The van der Waals surface area contributed by atoms with Crippen LogP contribution in [0.2, 0.25) is 0 Å². The van der Waals surface area contributed by atoms with Crippen LogP contribution in [0.5, 0.6) is 11.5 Å². The molecule has 110 valence electrons. The first-order valence-corrected chi connectivity index (χ1v) is 7.54. The second-order valence-corrected chi connectivity index (χ2v) is 5.48. The van der Waals surface area contributed by atoms with E-state index in [1.165, 1.54) is 18.4 Å². The van der Waals surface area contributed by atoms with E-state index in [2.05, 4.69) is 11.4 Å². The van der Waals surface area contributed by atoms with Gasteiger partial charge in [0, 0.05) is 24.8 Å². The highest BCUT2D eigenvalue weighted by molar-refractivity contribution is 5.38. The molecule has 2 N–H and O–H groups in total. The number of para-hydroxylation sites is 1. The lowest BCUT2D eigenvalue weighted by Crippen LogP contribution is -2.15. The molecule has 0 amide bonds. The van der Waals surface area contributed by atoms with Crippen molar-refractivity contribution in [2.24, 2.45) is 0 Å². The molecule has 0 heterocycles. The predicted octanol–water partition coefficient (Wildman–Crippen LogP) is 3.27. The van der Waals surface area contributed by atoms with Gasteiger partial charge in [0.25, 0.3) is 0 Å². The molecule has 0 spiro atoms. The fourth-order valence-electron chi connectivity index (χ4n) is 2.27. The van der Waals surface area contributed by atoms with Crippen LogP contribution in [0, 0.1) is 0 Å². The number of benzene rings is 2. The van der Waals surface area contributed by atoms with Crippen molar-refractivity contribution in [1.82, 2.24) is 5.32 Å². The van der Waals surface area contributed by atoms with E-state index in [-0.39, 0.29) is 6.61 Å². The molecule has 0 aromatic heterocycles. The SMILES string of the molecule is OCCc1ccc(Oc2ccccc2CNC2CC2)cc1. The minimum atomic E-state index is 0.176. The first-order valence-electron chi connectivity index (χ1n) is 7.54. The molecule has 0 bridgehead atoms. The van der Waals surface area contributed by atoms with Crippen molar-refractivity contribution < 1.29 is 9.84 Å². The van der Waals surface area contributed by atoms with E-state index in [4.69, 9.17) is 9.84 Å². The van der Waals surface area contributed by atoms with E-state index < -0.39 is 0 Å². The third kappa shape index (κ3) is 4.06. The smallest absolute Gasteiger partial charge is 0.131 e. The van der Waals surface area contributed by atoms with Gasteiger partial charge in [-0.25, -0.2) is 0 Å². The van der Waals surface area contributed by atoms with Crippen LogP contribution in [0.25, 0.3) is 0 Å². The normalized spacial score (nSPS) is 14.1. The molecule has 1 fully saturated rings. The number of nitrogens with one attached hydrogen (secondary N) is 1. The second-order valence-electron chi connectivity index (χ2n) is 5.48. The van der Waals surface area contributed by atoms with Crippen LogP contribution in [0.3, 0.4) is 0 Å². The highest BCUT2D eigenvalue weighted by atomic mass is 16.5. The number of aliphatic hydroxyl groups is 1. The van der Waals surface area contributed by atoms with Gasteiger partial charge in [0.05, 0.1) is 0 Å². The summed E-state index contributed by atoms with van der Waals surface area (Å²) in [6.07, 6.45) is 3.26. The molecule has 3 rings (SSSR count). The first kappa shape index (κ1) is 14.1.